The molecule has 0 aliphatic rings. The molecule has 3 N–H and O–H groups in total. The third-order valence-corrected chi connectivity index (χ3v) is 2.35. The fourth-order valence-corrected chi connectivity index (χ4v) is 1.49. The maximum atomic E-state index is 10.3. The average Bonchev–Trinajstić information content (AvgIpc) is 2.28. The van der Waals surface area contributed by atoms with Gasteiger partial charge >= 0.3 is 5.97 Å². The quantitative estimate of drug-likeness (QED) is 0.743. The lowest BCUT2D eigenvalue weighted by Gasteiger charge is -2.12. The Kier molecular flexibility index (Phi) is 4.76. The van der Waals surface area contributed by atoms with E-state index in [1.807, 2.05) is 6.07 Å². The highest BCUT2D eigenvalue weighted by Crippen LogP contribution is 2.26. The largest absolute Gasteiger partial charge is 0.508 e. The van der Waals surface area contributed by atoms with Crippen molar-refractivity contribution >= 4 is 17.6 Å². The number of phenolic OH excluding ortho intramolecular Hbond substituents is 1. The van der Waals surface area contributed by atoms with E-state index in [1.165, 1.54) is 18.2 Å². The van der Waals surface area contributed by atoms with E-state index in [2.05, 4.69) is 5.32 Å². The topological polar surface area (TPSA) is 93.4 Å². The van der Waals surface area contributed by atoms with Crippen molar-refractivity contribution in [2.45, 2.75) is 12.5 Å². The van der Waals surface area contributed by atoms with Crippen molar-refractivity contribution in [3.05, 3.63) is 28.8 Å². The molecular formula is C11H11ClN2O3. The highest BCUT2D eigenvalue weighted by atomic mass is 35.5. The van der Waals surface area contributed by atoms with E-state index >= 15 is 0 Å². The molecule has 90 valence electrons. The van der Waals surface area contributed by atoms with Crippen LogP contribution < -0.4 is 5.32 Å². The van der Waals surface area contributed by atoms with Crippen molar-refractivity contribution < 1.29 is 15.0 Å². The Morgan fingerprint density at radius 2 is 2.29 bits per heavy atom. The van der Waals surface area contributed by atoms with E-state index in [0.29, 0.717) is 10.6 Å². The van der Waals surface area contributed by atoms with Crippen LogP contribution >= 0.6 is 11.6 Å². The van der Waals surface area contributed by atoms with Gasteiger partial charge in [0.1, 0.15) is 11.8 Å². The number of aromatic hydroxyl groups is 1. The zero-order valence-corrected chi connectivity index (χ0v) is 9.61. The number of carboxylic acids is 1. The molecule has 0 spiro atoms. The smallest absolute Gasteiger partial charge is 0.304 e. The molecule has 0 aliphatic carbocycles. The molecular weight excluding hydrogens is 244 g/mol. The summed E-state index contributed by atoms with van der Waals surface area (Å²) in [7, 11) is 0. The highest BCUT2D eigenvalue weighted by molar-refractivity contribution is 6.30. The van der Waals surface area contributed by atoms with Gasteiger partial charge in [0.05, 0.1) is 12.5 Å². The summed E-state index contributed by atoms with van der Waals surface area (Å²) < 4.78 is 0. The summed E-state index contributed by atoms with van der Waals surface area (Å²) in [5, 5.41) is 30.1. The number of nitrogens with zero attached hydrogens (tertiary/aromatic N) is 1. The standard InChI is InChI=1S/C11H11ClN2O3/c12-7-1-2-10(15)8(5-7)9(6-13)14-4-3-11(16)17/h1-2,5,9,14-15H,3-4H2,(H,16,17). The molecule has 0 aliphatic heterocycles. The van der Waals surface area contributed by atoms with Crippen LogP contribution in [0.2, 0.25) is 5.02 Å². The molecule has 0 heterocycles. The lowest BCUT2D eigenvalue weighted by molar-refractivity contribution is -0.136. The van der Waals surface area contributed by atoms with Crippen molar-refractivity contribution in [3.63, 3.8) is 0 Å². The van der Waals surface area contributed by atoms with Crippen LogP contribution in [0.15, 0.2) is 18.2 Å². The Labute approximate surface area is 103 Å². The molecule has 0 aromatic heterocycles. The van der Waals surface area contributed by atoms with Crippen LogP contribution in [-0.4, -0.2) is 22.7 Å². The number of halogens is 1. The summed E-state index contributed by atoms with van der Waals surface area (Å²) in [6.07, 6.45) is -0.0977. The number of benzene rings is 1. The van der Waals surface area contributed by atoms with Crippen LogP contribution in [0.25, 0.3) is 0 Å². The number of aliphatic carboxylic acids is 1. The SMILES string of the molecule is N#CC(NCCC(=O)O)c1cc(Cl)ccc1O. The summed E-state index contributed by atoms with van der Waals surface area (Å²) in [6, 6.07) is 5.52. The molecule has 1 aromatic carbocycles. The number of carboxylic acid groups (broad SMARTS) is 1. The third-order valence-electron chi connectivity index (χ3n) is 2.12. The van der Waals surface area contributed by atoms with E-state index in [-0.39, 0.29) is 18.7 Å². The Hall–Kier alpha value is -1.77. The zero-order chi connectivity index (χ0) is 12.8. The number of hydrogen-bond acceptors (Lipinski definition) is 4. The molecule has 17 heavy (non-hydrogen) atoms. The lowest BCUT2D eigenvalue weighted by Crippen LogP contribution is -2.23. The monoisotopic (exact) mass is 254 g/mol. The third kappa shape index (κ3) is 3.94. The minimum Gasteiger partial charge on any atom is -0.508 e. The fraction of sp³-hybridized carbons (Fsp3) is 0.273. The summed E-state index contributed by atoms with van der Waals surface area (Å²) >= 11 is 5.76. The van der Waals surface area contributed by atoms with Gasteiger partial charge in [-0.05, 0) is 18.2 Å². The van der Waals surface area contributed by atoms with E-state index in [4.69, 9.17) is 22.0 Å². The fourth-order valence-electron chi connectivity index (χ4n) is 1.31. The summed E-state index contributed by atoms with van der Waals surface area (Å²) in [4.78, 5) is 10.3. The molecule has 0 fully saturated rings. The van der Waals surface area contributed by atoms with Crippen LogP contribution in [0.5, 0.6) is 5.75 Å². The van der Waals surface area contributed by atoms with Crippen LogP contribution in [-0.2, 0) is 4.79 Å². The van der Waals surface area contributed by atoms with E-state index < -0.39 is 12.0 Å². The Balaban J connectivity index is 2.76. The second-order valence-electron chi connectivity index (χ2n) is 3.36. The van der Waals surface area contributed by atoms with Crippen molar-refractivity contribution in [2.24, 2.45) is 0 Å². The van der Waals surface area contributed by atoms with Gasteiger partial charge in [-0.1, -0.05) is 11.6 Å². The zero-order valence-electron chi connectivity index (χ0n) is 8.85. The predicted octanol–water partition coefficient (Wildman–Crippen LogP) is 1.67. The molecule has 0 amide bonds. The second kappa shape index (κ2) is 6.09. The van der Waals surface area contributed by atoms with Gasteiger partial charge in [0.2, 0.25) is 0 Å². The molecule has 0 saturated carbocycles. The van der Waals surface area contributed by atoms with Gasteiger partial charge in [-0.3, -0.25) is 10.1 Å². The van der Waals surface area contributed by atoms with Gasteiger partial charge in [-0.15, -0.1) is 0 Å². The Morgan fingerprint density at radius 3 is 2.88 bits per heavy atom. The number of rotatable bonds is 5. The average molecular weight is 255 g/mol. The first kappa shape index (κ1) is 13.3. The van der Waals surface area contributed by atoms with Crippen LogP contribution in [0.1, 0.15) is 18.0 Å². The maximum Gasteiger partial charge on any atom is 0.304 e. The van der Waals surface area contributed by atoms with Crippen LogP contribution in [0.3, 0.4) is 0 Å². The summed E-state index contributed by atoms with van der Waals surface area (Å²) in [5.74, 6) is -1.01. The predicted molar refractivity (Wildman–Crippen MR) is 61.7 cm³/mol. The van der Waals surface area contributed by atoms with Gasteiger partial charge in [0.15, 0.2) is 0 Å². The summed E-state index contributed by atoms with van der Waals surface area (Å²) in [6.45, 7) is 0.138. The number of carbonyl (C=O) groups is 1. The number of nitriles is 1. The van der Waals surface area contributed by atoms with Crippen molar-refractivity contribution in [1.29, 1.82) is 5.26 Å². The Bertz CT molecular complexity index is 457. The molecule has 0 radical (unpaired) electrons. The maximum absolute atomic E-state index is 10.3. The first-order chi connectivity index (χ1) is 8.04. The van der Waals surface area contributed by atoms with Gasteiger partial charge in [-0.2, -0.15) is 5.26 Å². The molecule has 1 unspecified atom stereocenters. The molecule has 0 bridgehead atoms. The summed E-state index contributed by atoms with van der Waals surface area (Å²) in [5.41, 5.74) is 0.338. The van der Waals surface area contributed by atoms with Crippen molar-refractivity contribution in [2.75, 3.05) is 6.54 Å². The van der Waals surface area contributed by atoms with Gasteiger partial charge in [0, 0.05) is 17.1 Å². The van der Waals surface area contributed by atoms with E-state index in [1.54, 1.807) is 0 Å². The van der Waals surface area contributed by atoms with Gasteiger partial charge in [0.25, 0.3) is 0 Å². The normalized spacial score (nSPS) is 11.8. The van der Waals surface area contributed by atoms with Crippen molar-refractivity contribution in [1.82, 2.24) is 5.32 Å². The minimum absolute atomic E-state index is 0.0521. The number of phenols is 1. The minimum atomic E-state index is -0.954. The van der Waals surface area contributed by atoms with E-state index in [0.717, 1.165) is 0 Å². The second-order valence-corrected chi connectivity index (χ2v) is 3.80. The van der Waals surface area contributed by atoms with Crippen molar-refractivity contribution in [3.8, 4) is 11.8 Å². The van der Waals surface area contributed by atoms with Crippen LogP contribution in [0, 0.1) is 11.3 Å². The molecule has 0 saturated heterocycles. The molecule has 1 rings (SSSR count). The van der Waals surface area contributed by atoms with Gasteiger partial charge in [-0.25, -0.2) is 0 Å². The first-order valence-electron chi connectivity index (χ1n) is 4.88. The molecule has 5 nitrogen and oxygen atoms in total. The molecule has 1 atom stereocenters. The molecule has 6 heteroatoms. The number of nitrogens with one attached hydrogen (secondary N) is 1. The lowest BCUT2D eigenvalue weighted by atomic mass is 10.1. The van der Waals surface area contributed by atoms with E-state index in [9.17, 15) is 9.90 Å². The molecule has 1 aromatic rings. The van der Waals surface area contributed by atoms with Gasteiger partial charge < -0.3 is 10.2 Å². The number of hydrogen-bond donors (Lipinski definition) is 3. The van der Waals surface area contributed by atoms with Crippen LogP contribution in [0.4, 0.5) is 0 Å². The highest BCUT2D eigenvalue weighted by Gasteiger charge is 2.14. The Morgan fingerprint density at radius 1 is 1.59 bits per heavy atom. The first-order valence-corrected chi connectivity index (χ1v) is 5.25.